The van der Waals surface area contributed by atoms with E-state index in [2.05, 4.69) is 20.8 Å². The number of alkyl halides is 1. The van der Waals surface area contributed by atoms with E-state index in [9.17, 15) is 8.78 Å². The number of hydrogen-bond acceptors (Lipinski definition) is 2. The monoisotopic (exact) mass is 333 g/mol. The summed E-state index contributed by atoms with van der Waals surface area (Å²) in [5, 5.41) is 0.863. The zero-order valence-electron chi connectivity index (χ0n) is 10.7. The van der Waals surface area contributed by atoms with Crippen LogP contribution in [0.3, 0.4) is 0 Å². The second-order valence-corrected chi connectivity index (χ2v) is 5.58. The molecular formula is C14H18BrF2NO. The van der Waals surface area contributed by atoms with Gasteiger partial charge in [0.05, 0.1) is 12.7 Å². The zero-order valence-corrected chi connectivity index (χ0v) is 12.3. The van der Waals surface area contributed by atoms with Crippen LogP contribution >= 0.6 is 15.9 Å². The van der Waals surface area contributed by atoms with Crippen LogP contribution in [0, 0.1) is 11.6 Å². The summed E-state index contributed by atoms with van der Waals surface area (Å²) >= 11 is 3.34. The Balaban J connectivity index is 1.80. The van der Waals surface area contributed by atoms with Gasteiger partial charge in [-0.15, -0.1) is 0 Å². The van der Waals surface area contributed by atoms with Gasteiger partial charge in [0.2, 0.25) is 0 Å². The molecule has 0 radical (unpaired) electrons. The number of piperidine rings is 1. The van der Waals surface area contributed by atoms with Crippen molar-refractivity contribution in [2.24, 2.45) is 0 Å². The summed E-state index contributed by atoms with van der Waals surface area (Å²) < 4.78 is 31.6. The maximum atomic E-state index is 13.1. The van der Waals surface area contributed by atoms with Crippen molar-refractivity contribution < 1.29 is 13.5 Å². The Kier molecular flexibility index (Phi) is 5.73. The number of benzene rings is 1. The molecule has 0 bridgehead atoms. The third-order valence-electron chi connectivity index (χ3n) is 3.36. The summed E-state index contributed by atoms with van der Waals surface area (Å²) in [4.78, 5) is 2.25. The third-order valence-corrected chi connectivity index (χ3v) is 3.68. The SMILES string of the molecule is Fc1ccc(CN2CCC(OCCBr)CC2)cc1F. The number of halogens is 3. The maximum absolute atomic E-state index is 13.1. The van der Waals surface area contributed by atoms with E-state index in [0.29, 0.717) is 12.6 Å². The lowest BCUT2D eigenvalue weighted by Crippen LogP contribution is -2.36. The minimum absolute atomic E-state index is 0.332. The Hall–Kier alpha value is -0.520. The van der Waals surface area contributed by atoms with Gasteiger partial charge in [0, 0.05) is 25.0 Å². The Morgan fingerprint density at radius 2 is 1.95 bits per heavy atom. The highest BCUT2D eigenvalue weighted by Gasteiger charge is 2.19. The Bertz CT molecular complexity index is 408. The maximum Gasteiger partial charge on any atom is 0.159 e. The molecule has 1 aliphatic heterocycles. The zero-order chi connectivity index (χ0) is 13.7. The average molecular weight is 334 g/mol. The lowest BCUT2D eigenvalue weighted by atomic mass is 10.1. The van der Waals surface area contributed by atoms with Crippen molar-refractivity contribution >= 4 is 15.9 Å². The van der Waals surface area contributed by atoms with Crippen LogP contribution in [0.2, 0.25) is 0 Å². The van der Waals surface area contributed by atoms with E-state index in [1.165, 1.54) is 12.1 Å². The molecule has 1 aromatic carbocycles. The fraction of sp³-hybridized carbons (Fsp3) is 0.571. The van der Waals surface area contributed by atoms with Gasteiger partial charge < -0.3 is 4.74 Å². The van der Waals surface area contributed by atoms with E-state index in [0.717, 1.165) is 43.4 Å². The van der Waals surface area contributed by atoms with E-state index in [1.54, 1.807) is 6.07 Å². The van der Waals surface area contributed by atoms with Crippen molar-refractivity contribution in [3.63, 3.8) is 0 Å². The molecule has 1 saturated heterocycles. The van der Waals surface area contributed by atoms with E-state index in [4.69, 9.17) is 4.74 Å². The molecule has 0 aliphatic carbocycles. The fourth-order valence-corrected chi connectivity index (χ4v) is 2.53. The molecule has 1 aromatic rings. The molecule has 2 rings (SSSR count). The van der Waals surface area contributed by atoms with Gasteiger partial charge in [-0.2, -0.15) is 0 Å². The smallest absolute Gasteiger partial charge is 0.159 e. The molecule has 1 aliphatic rings. The molecule has 106 valence electrons. The molecule has 0 saturated carbocycles. The second-order valence-electron chi connectivity index (χ2n) is 4.78. The first kappa shape index (κ1) is 14.9. The van der Waals surface area contributed by atoms with Gasteiger partial charge in [-0.05, 0) is 30.5 Å². The number of nitrogens with zero attached hydrogens (tertiary/aromatic N) is 1. The van der Waals surface area contributed by atoms with Gasteiger partial charge in [0.25, 0.3) is 0 Å². The van der Waals surface area contributed by atoms with Crippen LogP contribution in [0.15, 0.2) is 18.2 Å². The summed E-state index contributed by atoms with van der Waals surface area (Å²) in [6.45, 7) is 3.29. The van der Waals surface area contributed by atoms with Crippen LogP contribution in [0.1, 0.15) is 18.4 Å². The topological polar surface area (TPSA) is 12.5 Å². The van der Waals surface area contributed by atoms with Crippen LogP contribution in [0.25, 0.3) is 0 Å². The van der Waals surface area contributed by atoms with E-state index < -0.39 is 11.6 Å². The molecule has 2 nitrogen and oxygen atoms in total. The minimum Gasteiger partial charge on any atom is -0.377 e. The van der Waals surface area contributed by atoms with Crippen LogP contribution in [0.5, 0.6) is 0 Å². The minimum atomic E-state index is -0.786. The van der Waals surface area contributed by atoms with Crippen LogP contribution in [-0.2, 0) is 11.3 Å². The standard InChI is InChI=1S/C14H18BrF2NO/c15-5-8-19-12-3-6-18(7-4-12)10-11-1-2-13(16)14(17)9-11/h1-2,9,12H,3-8,10H2. The molecule has 5 heteroatoms. The molecule has 1 fully saturated rings. The quantitative estimate of drug-likeness (QED) is 0.766. The highest BCUT2D eigenvalue weighted by molar-refractivity contribution is 9.09. The largest absolute Gasteiger partial charge is 0.377 e. The summed E-state index contributed by atoms with van der Waals surface area (Å²) in [5.41, 5.74) is 0.818. The Morgan fingerprint density at radius 1 is 1.21 bits per heavy atom. The van der Waals surface area contributed by atoms with Gasteiger partial charge in [-0.3, -0.25) is 4.90 Å². The first-order chi connectivity index (χ1) is 9.19. The van der Waals surface area contributed by atoms with Crippen LogP contribution in [0.4, 0.5) is 8.78 Å². The highest BCUT2D eigenvalue weighted by Crippen LogP contribution is 2.17. The van der Waals surface area contributed by atoms with Crippen molar-refractivity contribution in [1.82, 2.24) is 4.90 Å². The van der Waals surface area contributed by atoms with E-state index in [1.807, 2.05) is 0 Å². The Morgan fingerprint density at radius 3 is 2.58 bits per heavy atom. The van der Waals surface area contributed by atoms with Crippen molar-refractivity contribution in [2.45, 2.75) is 25.5 Å². The van der Waals surface area contributed by atoms with E-state index in [-0.39, 0.29) is 0 Å². The lowest BCUT2D eigenvalue weighted by molar-refractivity contribution is 0.0141. The molecule has 0 unspecified atom stereocenters. The number of likely N-dealkylation sites (tertiary alicyclic amines) is 1. The fourth-order valence-electron chi connectivity index (χ4n) is 2.34. The van der Waals surface area contributed by atoms with Gasteiger partial charge in [0.1, 0.15) is 0 Å². The van der Waals surface area contributed by atoms with E-state index >= 15 is 0 Å². The number of rotatable bonds is 5. The summed E-state index contributed by atoms with van der Waals surface area (Å²) in [5.74, 6) is -1.56. The molecule has 0 spiro atoms. The first-order valence-electron chi connectivity index (χ1n) is 6.53. The summed E-state index contributed by atoms with van der Waals surface area (Å²) in [6, 6.07) is 4.12. The molecule has 0 atom stereocenters. The molecule has 19 heavy (non-hydrogen) atoms. The van der Waals surface area contributed by atoms with Gasteiger partial charge in [-0.1, -0.05) is 22.0 Å². The number of hydrogen-bond donors (Lipinski definition) is 0. The average Bonchev–Trinajstić information content (AvgIpc) is 2.42. The first-order valence-corrected chi connectivity index (χ1v) is 7.65. The van der Waals surface area contributed by atoms with Crippen molar-refractivity contribution in [3.05, 3.63) is 35.4 Å². The number of ether oxygens (including phenoxy) is 1. The normalized spacial score (nSPS) is 17.8. The van der Waals surface area contributed by atoms with Crippen molar-refractivity contribution in [3.8, 4) is 0 Å². The van der Waals surface area contributed by atoms with Gasteiger partial charge >= 0.3 is 0 Å². The molecule has 1 heterocycles. The predicted octanol–water partition coefficient (Wildman–Crippen LogP) is 3.34. The van der Waals surface area contributed by atoms with Crippen LogP contribution in [-0.4, -0.2) is 36.0 Å². The van der Waals surface area contributed by atoms with Gasteiger partial charge in [-0.25, -0.2) is 8.78 Å². The molecule has 0 amide bonds. The van der Waals surface area contributed by atoms with Crippen molar-refractivity contribution in [1.29, 1.82) is 0 Å². The second kappa shape index (κ2) is 7.31. The molecule has 0 N–H and O–H groups in total. The molecular weight excluding hydrogens is 316 g/mol. The predicted molar refractivity (Wildman–Crippen MR) is 74.4 cm³/mol. The van der Waals surface area contributed by atoms with Gasteiger partial charge in [0.15, 0.2) is 11.6 Å². The Labute approximate surface area is 120 Å². The lowest BCUT2D eigenvalue weighted by Gasteiger charge is -2.31. The third kappa shape index (κ3) is 4.51. The molecule has 0 aromatic heterocycles. The summed E-state index contributed by atoms with van der Waals surface area (Å²) in [7, 11) is 0. The highest BCUT2D eigenvalue weighted by atomic mass is 79.9. The van der Waals surface area contributed by atoms with Crippen LogP contribution < -0.4 is 0 Å². The summed E-state index contributed by atoms with van der Waals surface area (Å²) in [6.07, 6.45) is 2.33. The van der Waals surface area contributed by atoms with Crippen molar-refractivity contribution in [2.75, 3.05) is 25.0 Å².